The molecule has 1 saturated heterocycles. The van der Waals surface area contributed by atoms with E-state index in [1.165, 1.54) is 19.3 Å². The zero-order valence-corrected chi connectivity index (χ0v) is 13.4. The van der Waals surface area contributed by atoms with E-state index in [-0.39, 0.29) is 12.6 Å². The Kier molecular flexibility index (Phi) is 7.25. The summed E-state index contributed by atoms with van der Waals surface area (Å²) in [6.45, 7) is 6.27. The normalized spacial score (nSPS) is 18.2. The number of aliphatic hydroxyl groups excluding tert-OH is 1. The quantitative estimate of drug-likeness (QED) is 0.524. The topological polar surface area (TPSA) is 73.0 Å². The maximum Gasteiger partial charge on any atom is 0.191 e. The Bertz CT molecular complexity index is 427. The molecule has 1 aliphatic heterocycles. The first kappa shape index (κ1) is 16.8. The van der Waals surface area contributed by atoms with Crippen molar-refractivity contribution in [2.45, 2.75) is 32.2 Å². The number of rotatable bonds is 7. The molecule has 1 aromatic rings. The van der Waals surface area contributed by atoms with Crippen molar-refractivity contribution in [2.75, 3.05) is 39.3 Å². The Morgan fingerprint density at radius 2 is 2.18 bits per heavy atom. The molecule has 6 heteroatoms. The summed E-state index contributed by atoms with van der Waals surface area (Å²) in [6, 6.07) is 4.15. The number of likely N-dealkylation sites (tertiary alicyclic amines) is 1. The van der Waals surface area contributed by atoms with Crippen LogP contribution in [0.15, 0.2) is 27.8 Å². The zero-order chi connectivity index (χ0) is 15.6. The SMILES string of the molecule is CCNC(=NCC(c1ccco1)N1CCCCC1)NCCO. The molecule has 0 aliphatic carbocycles. The van der Waals surface area contributed by atoms with Crippen molar-refractivity contribution >= 4 is 5.96 Å². The molecule has 1 unspecified atom stereocenters. The highest BCUT2D eigenvalue weighted by Gasteiger charge is 2.24. The fourth-order valence-electron chi connectivity index (χ4n) is 2.79. The molecule has 22 heavy (non-hydrogen) atoms. The third-order valence-electron chi connectivity index (χ3n) is 3.87. The van der Waals surface area contributed by atoms with Gasteiger partial charge in [0.25, 0.3) is 0 Å². The minimum atomic E-state index is 0.0954. The molecule has 0 amide bonds. The van der Waals surface area contributed by atoms with Gasteiger partial charge in [-0.1, -0.05) is 6.42 Å². The van der Waals surface area contributed by atoms with Crippen LogP contribution in [-0.2, 0) is 0 Å². The maximum atomic E-state index is 8.95. The number of guanidine groups is 1. The van der Waals surface area contributed by atoms with Gasteiger partial charge >= 0.3 is 0 Å². The first-order chi connectivity index (χ1) is 10.8. The monoisotopic (exact) mass is 308 g/mol. The largest absolute Gasteiger partial charge is 0.468 e. The van der Waals surface area contributed by atoms with Crippen LogP contribution in [-0.4, -0.2) is 55.3 Å². The number of hydrogen-bond donors (Lipinski definition) is 3. The Morgan fingerprint density at radius 3 is 2.82 bits per heavy atom. The predicted octanol–water partition coefficient (Wildman–Crippen LogP) is 1.35. The molecule has 6 nitrogen and oxygen atoms in total. The van der Waals surface area contributed by atoms with E-state index < -0.39 is 0 Å². The lowest BCUT2D eigenvalue weighted by Gasteiger charge is -2.32. The predicted molar refractivity (Wildman–Crippen MR) is 87.9 cm³/mol. The van der Waals surface area contributed by atoms with Gasteiger partial charge in [0.2, 0.25) is 0 Å². The molecule has 2 heterocycles. The molecule has 0 aromatic carbocycles. The summed E-state index contributed by atoms with van der Waals surface area (Å²) in [4.78, 5) is 7.12. The number of hydrogen-bond acceptors (Lipinski definition) is 4. The highest BCUT2D eigenvalue weighted by atomic mass is 16.3. The molecule has 1 atom stereocenters. The van der Waals surface area contributed by atoms with E-state index in [2.05, 4.69) is 20.5 Å². The fraction of sp³-hybridized carbons (Fsp3) is 0.688. The molecule has 3 N–H and O–H groups in total. The number of aliphatic hydroxyl groups is 1. The number of furan rings is 1. The molecule has 1 aliphatic rings. The van der Waals surface area contributed by atoms with E-state index >= 15 is 0 Å². The van der Waals surface area contributed by atoms with Crippen molar-refractivity contribution in [1.29, 1.82) is 0 Å². The Morgan fingerprint density at radius 1 is 1.36 bits per heavy atom. The maximum absolute atomic E-state index is 8.95. The molecule has 1 aromatic heterocycles. The molecule has 1 fully saturated rings. The summed E-state index contributed by atoms with van der Waals surface area (Å²) in [5.74, 6) is 1.72. The van der Waals surface area contributed by atoms with Crippen LogP contribution in [0.5, 0.6) is 0 Å². The van der Waals surface area contributed by atoms with Gasteiger partial charge in [-0.15, -0.1) is 0 Å². The van der Waals surface area contributed by atoms with E-state index in [1.54, 1.807) is 6.26 Å². The van der Waals surface area contributed by atoms with Gasteiger partial charge in [0, 0.05) is 13.1 Å². The lowest BCUT2D eigenvalue weighted by atomic mass is 10.1. The van der Waals surface area contributed by atoms with E-state index in [4.69, 9.17) is 9.52 Å². The molecule has 0 saturated carbocycles. The van der Waals surface area contributed by atoms with Crippen LogP contribution in [0.4, 0.5) is 0 Å². The second-order valence-electron chi connectivity index (χ2n) is 5.50. The Hall–Kier alpha value is -1.53. The zero-order valence-electron chi connectivity index (χ0n) is 13.4. The lowest BCUT2D eigenvalue weighted by molar-refractivity contribution is 0.150. The van der Waals surface area contributed by atoms with Crippen molar-refractivity contribution in [2.24, 2.45) is 4.99 Å². The number of nitrogens with one attached hydrogen (secondary N) is 2. The third-order valence-corrected chi connectivity index (χ3v) is 3.87. The van der Waals surface area contributed by atoms with Crippen LogP contribution in [0.2, 0.25) is 0 Å². The van der Waals surface area contributed by atoms with Gasteiger partial charge in [-0.05, 0) is 45.0 Å². The molecule has 0 bridgehead atoms. The van der Waals surface area contributed by atoms with Gasteiger partial charge in [0.15, 0.2) is 5.96 Å². The van der Waals surface area contributed by atoms with Gasteiger partial charge in [0.1, 0.15) is 5.76 Å². The first-order valence-corrected chi connectivity index (χ1v) is 8.25. The van der Waals surface area contributed by atoms with Gasteiger partial charge < -0.3 is 20.2 Å². The highest BCUT2D eigenvalue weighted by molar-refractivity contribution is 5.79. The minimum Gasteiger partial charge on any atom is -0.468 e. The van der Waals surface area contributed by atoms with Crippen LogP contribution in [0, 0.1) is 0 Å². The Labute approximate surface area is 132 Å². The summed E-state index contributed by atoms with van der Waals surface area (Å²) in [6.07, 6.45) is 5.52. The van der Waals surface area contributed by atoms with Crippen molar-refractivity contribution in [3.63, 3.8) is 0 Å². The molecular weight excluding hydrogens is 280 g/mol. The number of nitrogens with zero attached hydrogens (tertiary/aromatic N) is 2. The smallest absolute Gasteiger partial charge is 0.191 e. The van der Waals surface area contributed by atoms with E-state index in [9.17, 15) is 0 Å². The summed E-state index contributed by atoms with van der Waals surface area (Å²) < 4.78 is 5.63. The summed E-state index contributed by atoms with van der Waals surface area (Å²) in [7, 11) is 0. The lowest BCUT2D eigenvalue weighted by Crippen LogP contribution is -2.40. The average molecular weight is 308 g/mol. The van der Waals surface area contributed by atoms with Crippen LogP contribution in [0.3, 0.4) is 0 Å². The first-order valence-electron chi connectivity index (χ1n) is 8.25. The third kappa shape index (κ3) is 5.03. The average Bonchev–Trinajstić information content (AvgIpc) is 3.08. The number of aliphatic imine (C=N–C) groups is 1. The van der Waals surface area contributed by atoms with Crippen molar-refractivity contribution in [3.05, 3.63) is 24.2 Å². The standard InChI is InChI=1S/C16H28N4O2/c1-2-17-16(18-8-11-21)19-13-14(15-7-6-12-22-15)20-9-4-3-5-10-20/h6-7,12,14,21H,2-5,8-11,13H2,1H3,(H2,17,18,19). The van der Waals surface area contributed by atoms with Crippen LogP contribution < -0.4 is 10.6 Å². The van der Waals surface area contributed by atoms with Crippen LogP contribution in [0.25, 0.3) is 0 Å². The molecule has 0 spiro atoms. The van der Waals surface area contributed by atoms with Gasteiger partial charge in [-0.2, -0.15) is 0 Å². The second-order valence-corrected chi connectivity index (χ2v) is 5.50. The molecule has 124 valence electrons. The van der Waals surface area contributed by atoms with E-state index in [0.29, 0.717) is 13.1 Å². The van der Waals surface area contributed by atoms with Crippen molar-refractivity contribution in [1.82, 2.24) is 15.5 Å². The second kappa shape index (κ2) is 9.48. The molecule has 0 radical (unpaired) electrons. The molecular formula is C16H28N4O2. The van der Waals surface area contributed by atoms with Gasteiger partial charge in [0.05, 0.1) is 25.5 Å². The van der Waals surface area contributed by atoms with E-state index in [0.717, 1.165) is 31.4 Å². The van der Waals surface area contributed by atoms with Crippen molar-refractivity contribution in [3.8, 4) is 0 Å². The Balaban J connectivity index is 2.04. The van der Waals surface area contributed by atoms with Crippen LogP contribution in [0.1, 0.15) is 38.0 Å². The van der Waals surface area contributed by atoms with E-state index in [1.807, 2.05) is 19.1 Å². The van der Waals surface area contributed by atoms with Crippen molar-refractivity contribution < 1.29 is 9.52 Å². The fourth-order valence-corrected chi connectivity index (χ4v) is 2.79. The summed E-state index contributed by atoms with van der Waals surface area (Å²) in [5, 5.41) is 15.3. The summed E-state index contributed by atoms with van der Waals surface area (Å²) >= 11 is 0. The summed E-state index contributed by atoms with van der Waals surface area (Å²) in [5.41, 5.74) is 0. The van der Waals surface area contributed by atoms with Gasteiger partial charge in [-0.3, -0.25) is 9.89 Å². The van der Waals surface area contributed by atoms with Gasteiger partial charge in [-0.25, -0.2) is 0 Å². The number of piperidine rings is 1. The minimum absolute atomic E-state index is 0.0954. The van der Waals surface area contributed by atoms with Crippen LogP contribution >= 0.6 is 0 Å². The molecule has 2 rings (SSSR count). The highest BCUT2D eigenvalue weighted by Crippen LogP contribution is 2.25.